The molecule has 0 spiro atoms. The summed E-state index contributed by atoms with van der Waals surface area (Å²) >= 11 is 0. The van der Waals surface area contributed by atoms with Crippen LogP contribution in [0, 0.1) is 5.92 Å². The van der Waals surface area contributed by atoms with Crippen LogP contribution in [0.15, 0.2) is 0 Å². The number of carboxylic acid groups (broad SMARTS) is 1. The number of nitrogens with one attached hydrogen (secondary N) is 1. The fourth-order valence-electron chi connectivity index (χ4n) is 1.17. The van der Waals surface area contributed by atoms with Gasteiger partial charge in [-0.1, -0.05) is 12.1 Å². The molecule has 7 nitrogen and oxygen atoms in total. The largest absolute Gasteiger partial charge is 0.481 e. The normalized spacial score (nSPS) is 16.7. The van der Waals surface area contributed by atoms with Gasteiger partial charge in [-0.2, -0.15) is 5.21 Å². The Hall–Kier alpha value is -1.50. The summed E-state index contributed by atoms with van der Waals surface area (Å²) in [4.78, 5) is 10.9. The minimum absolute atomic E-state index is 0.0506. The summed E-state index contributed by atoms with van der Waals surface area (Å²) in [5, 5.41) is 22.2. The van der Waals surface area contributed by atoms with Crippen LogP contribution >= 0.6 is 0 Å². The Morgan fingerprint density at radius 3 is 2.69 bits per heavy atom. The predicted molar refractivity (Wildman–Crippen MR) is 54.6 cm³/mol. The number of carbonyl (C=O) groups is 1. The van der Waals surface area contributed by atoms with Crippen molar-refractivity contribution in [1.82, 2.24) is 20.6 Å². The summed E-state index contributed by atoms with van der Waals surface area (Å²) in [5.74, 6) is -1.39. The van der Waals surface area contributed by atoms with Crippen molar-refractivity contribution in [3.63, 3.8) is 0 Å². The molecule has 0 aliphatic carbocycles. The molecule has 0 bridgehead atoms. The molecule has 1 aromatic heterocycles. The highest BCUT2D eigenvalue weighted by atomic mass is 16.5. The lowest BCUT2D eigenvalue weighted by Crippen LogP contribution is -2.25. The molecule has 0 fully saturated rings. The van der Waals surface area contributed by atoms with Gasteiger partial charge >= 0.3 is 5.97 Å². The van der Waals surface area contributed by atoms with Crippen LogP contribution < -0.4 is 0 Å². The minimum atomic E-state index is -0.946. The van der Waals surface area contributed by atoms with E-state index in [0.29, 0.717) is 0 Å². The first-order valence-electron chi connectivity index (χ1n) is 5.17. The van der Waals surface area contributed by atoms with Crippen molar-refractivity contribution in [2.45, 2.75) is 39.4 Å². The highest BCUT2D eigenvalue weighted by molar-refractivity contribution is 5.70. The third-order valence-corrected chi connectivity index (χ3v) is 2.41. The summed E-state index contributed by atoms with van der Waals surface area (Å²) in [5.41, 5.74) is 0. The zero-order valence-corrected chi connectivity index (χ0v) is 9.54. The molecule has 1 rings (SSSR count). The van der Waals surface area contributed by atoms with Gasteiger partial charge in [-0.3, -0.25) is 4.79 Å². The number of rotatable bonds is 6. The van der Waals surface area contributed by atoms with Crippen molar-refractivity contribution in [1.29, 1.82) is 0 Å². The molecule has 2 N–H and O–H groups in total. The highest BCUT2D eigenvalue weighted by Crippen LogP contribution is 2.25. The summed E-state index contributed by atoms with van der Waals surface area (Å²) < 4.78 is 5.60. The zero-order valence-electron chi connectivity index (χ0n) is 9.54. The number of H-pyrrole nitrogens is 1. The first-order chi connectivity index (χ1) is 7.56. The van der Waals surface area contributed by atoms with Crippen molar-refractivity contribution in [3.05, 3.63) is 5.82 Å². The van der Waals surface area contributed by atoms with E-state index in [-0.39, 0.29) is 11.9 Å². The van der Waals surface area contributed by atoms with Crippen molar-refractivity contribution in [2.24, 2.45) is 5.92 Å². The Bertz CT molecular complexity index is 328. The molecular weight excluding hydrogens is 212 g/mol. The fourth-order valence-corrected chi connectivity index (χ4v) is 1.17. The molecule has 0 saturated carbocycles. The number of aliphatic carboxylic acids is 1. The number of ether oxygens (including phenoxy) is 1. The maximum Gasteiger partial charge on any atom is 0.309 e. The molecule has 0 saturated heterocycles. The van der Waals surface area contributed by atoms with E-state index in [1.165, 1.54) is 0 Å². The van der Waals surface area contributed by atoms with E-state index >= 15 is 0 Å². The highest BCUT2D eigenvalue weighted by Gasteiger charge is 2.30. The number of tetrazole rings is 1. The smallest absolute Gasteiger partial charge is 0.309 e. The van der Waals surface area contributed by atoms with E-state index in [0.717, 1.165) is 6.42 Å². The quantitative estimate of drug-likeness (QED) is 0.746. The lowest BCUT2D eigenvalue weighted by atomic mass is 10.0. The van der Waals surface area contributed by atoms with Crippen molar-refractivity contribution >= 4 is 5.97 Å². The van der Waals surface area contributed by atoms with Crippen molar-refractivity contribution in [3.8, 4) is 0 Å². The van der Waals surface area contributed by atoms with E-state index in [9.17, 15) is 4.79 Å². The fraction of sp³-hybridized carbons (Fsp3) is 0.778. The van der Waals surface area contributed by atoms with Crippen LogP contribution in [0.1, 0.15) is 39.1 Å². The molecule has 0 radical (unpaired) electrons. The van der Waals surface area contributed by atoms with Crippen molar-refractivity contribution < 1.29 is 14.6 Å². The minimum Gasteiger partial charge on any atom is -0.481 e. The predicted octanol–water partition coefficient (Wildman–Crippen LogP) is 0.777. The average molecular weight is 228 g/mol. The average Bonchev–Trinajstić information content (AvgIpc) is 2.77. The molecule has 1 aromatic rings. The lowest BCUT2D eigenvalue weighted by molar-refractivity contribution is -0.149. The summed E-state index contributed by atoms with van der Waals surface area (Å²) in [6, 6.07) is 0. The number of aromatic nitrogens is 4. The standard InChI is InChI=1S/C9H16N4O3/c1-4-5(2)16-7(6(3)9(14)15)8-10-12-13-11-8/h5-7H,4H2,1-3H3,(H,14,15)(H,10,11,12,13). The Labute approximate surface area is 93.2 Å². The van der Waals surface area contributed by atoms with Gasteiger partial charge in [-0.25, -0.2) is 0 Å². The molecule has 0 aromatic carbocycles. The number of nitrogens with zero attached hydrogens (tertiary/aromatic N) is 3. The zero-order chi connectivity index (χ0) is 12.1. The Kier molecular flexibility index (Phi) is 4.36. The SMILES string of the molecule is CCC(C)OC(c1nn[nH]n1)C(C)C(=O)O. The van der Waals surface area contributed by atoms with E-state index in [4.69, 9.17) is 9.84 Å². The molecule has 0 aliphatic heterocycles. The number of hydrogen-bond acceptors (Lipinski definition) is 5. The number of hydrogen-bond donors (Lipinski definition) is 2. The maximum atomic E-state index is 10.9. The van der Waals surface area contributed by atoms with Crippen LogP contribution in [0.25, 0.3) is 0 Å². The first kappa shape index (κ1) is 12.6. The van der Waals surface area contributed by atoms with E-state index in [2.05, 4.69) is 20.6 Å². The van der Waals surface area contributed by atoms with Gasteiger partial charge in [-0.05, 0) is 20.3 Å². The lowest BCUT2D eigenvalue weighted by Gasteiger charge is -2.21. The third-order valence-electron chi connectivity index (χ3n) is 2.41. The Balaban J connectivity index is 2.81. The van der Waals surface area contributed by atoms with Crippen LogP contribution in [0.5, 0.6) is 0 Å². The molecule has 90 valence electrons. The van der Waals surface area contributed by atoms with Crippen LogP contribution in [0.4, 0.5) is 0 Å². The molecule has 3 unspecified atom stereocenters. The number of carboxylic acids is 1. The van der Waals surface area contributed by atoms with Gasteiger partial charge in [0.1, 0.15) is 6.10 Å². The molecule has 7 heteroatoms. The Morgan fingerprint density at radius 1 is 1.56 bits per heavy atom. The van der Waals surface area contributed by atoms with Gasteiger partial charge in [0.05, 0.1) is 12.0 Å². The first-order valence-corrected chi connectivity index (χ1v) is 5.17. The van der Waals surface area contributed by atoms with Crippen LogP contribution in [-0.2, 0) is 9.53 Å². The number of aromatic amines is 1. The molecule has 3 atom stereocenters. The second-order valence-corrected chi connectivity index (χ2v) is 3.67. The Morgan fingerprint density at radius 2 is 2.25 bits per heavy atom. The van der Waals surface area contributed by atoms with E-state index < -0.39 is 18.0 Å². The molecule has 1 heterocycles. The summed E-state index contributed by atoms with van der Waals surface area (Å²) in [6.07, 6.45) is 0.0669. The monoisotopic (exact) mass is 228 g/mol. The van der Waals surface area contributed by atoms with Crippen molar-refractivity contribution in [2.75, 3.05) is 0 Å². The molecule has 0 amide bonds. The van der Waals surface area contributed by atoms with Gasteiger partial charge in [0.2, 0.25) is 5.82 Å². The van der Waals surface area contributed by atoms with E-state index in [1.54, 1.807) is 6.92 Å². The molecular formula is C9H16N4O3. The summed E-state index contributed by atoms with van der Waals surface area (Å²) in [7, 11) is 0. The second kappa shape index (κ2) is 5.55. The van der Waals surface area contributed by atoms with Gasteiger partial charge in [0, 0.05) is 0 Å². The van der Waals surface area contributed by atoms with Crippen LogP contribution in [-0.4, -0.2) is 37.8 Å². The van der Waals surface area contributed by atoms with Gasteiger partial charge in [0.15, 0.2) is 0 Å². The van der Waals surface area contributed by atoms with Gasteiger partial charge in [0.25, 0.3) is 0 Å². The second-order valence-electron chi connectivity index (χ2n) is 3.67. The molecule has 0 aliphatic rings. The van der Waals surface area contributed by atoms with E-state index in [1.807, 2.05) is 13.8 Å². The van der Waals surface area contributed by atoms with Gasteiger partial charge < -0.3 is 9.84 Å². The third kappa shape index (κ3) is 2.99. The van der Waals surface area contributed by atoms with Crippen LogP contribution in [0.3, 0.4) is 0 Å². The van der Waals surface area contributed by atoms with Crippen LogP contribution in [0.2, 0.25) is 0 Å². The molecule has 16 heavy (non-hydrogen) atoms. The maximum absolute atomic E-state index is 10.9. The topological polar surface area (TPSA) is 101 Å². The summed E-state index contributed by atoms with van der Waals surface area (Å²) in [6.45, 7) is 5.40. The van der Waals surface area contributed by atoms with Gasteiger partial charge in [-0.15, -0.1) is 10.2 Å².